The van der Waals surface area contributed by atoms with Crippen molar-refractivity contribution in [1.29, 1.82) is 0 Å². The van der Waals surface area contributed by atoms with Crippen molar-refractivity contribution in [3.05, 3.63) is 0 Å². The predicted octanol–water partition coefficient (Wildman–Crippen LogP) is 1.50. The first-order valence-electron chi connectivity index (χ1n) is 2.75. The minimum absolute atomic E-state index is 0.944. The van der Waals surface area contributed by atoms with Gasteiger partial charge in [-0.1, -0.05) is 20.6 Å². The topological polar surface area (TPSA) is 130 Å². The molecule has 0 aliphatic carbocycles. The molecule has 8 nitrogen and oxygen atoms in total. The molecule has 91 valence electrons. The molecule has 11 heteroatoms. The second-order valence-electron chi connectivity index (χ2n) is 1.11. The second-order valence-corrected chi connectivity index (χ2v) is 6.36. The van der Waals surface area contributed by atoms with Gasteiger partial charge in [0, 0.05) is 0 Å². The predicted molar refractivity (Wildman–Crippen MR) is 59.0 cm³/mol. The van der Waals surface area contributed by atoms with Crippen LogP contribution in [-0.2, 0) is 11.1 Å². The molecule has 0 aromatic heterocycles. The summed E-state index contributed by atoms with van der Waals surface area (Å²) in [5.74, 6) is 0. The summed E-state index contributed by atoms with van der Waals surface area (Å²) >= 11 is 7.12. The molecule has 0 fully saturated rings. The Morgan fingerprint density at radius 1 is 0.667 bits per heavy atom. The monoisotopic (exact) mass is 393 g/mol. The van der Waals surface area contributed by atoms with Crippen molar-refractivity contribution in [1.82, 2.24) is 0 Å². The molecule has 0 aliphatic rings. The molecule has 0 aliphatic heterocycles. The summed E-state index contributed by atoms with van der Waals surface area (Å²) in [5.41, 5.74) is 0. The third-order valence-corrected chi connectivity index (χ3v) is 0.400. The van der Waals surface area contributed by atoms with Gasteiger partial charge in [-0.05, 0) is 0 Å². The van der Waals surface area contributed by atoms with Gasteiger partial charge in [0.05, 0.1) is 24.9 Å². The van der Waals surface area contributed by atoms with Crippen molar-refractivity contribution >= 4 is 53.2 Å². The van der Waals surface area contributed by atoms with Crippen LogP contribution < -0.4 is 0 Å². The van der Waals surface area contributed by atoms with Crippen LogP contribution >= 0.6 is 28.3 Å². The van der Waals surface area contributed by atoms with Crippen molar-refractivity contribution in [2.24, 2.45) is 20.6 Å². The first-order valence-corrected chi connectivity index (χ1v) is 7.90. The van der Waals surface area contributed by atoms with E-state index in [9.17, 15) is 0 Å². The molecule has 4 N–H and O–H groups in total. The van der Waals surface area contributed by atoms with Crippen LogP contribution in [0.4, 0.5) is 0 Å². The maximum atomic E-state index is 7.56. The van der Waals surface area contributed by atoms with Crippen molar-refractivity contribution < 1.29 is 31.9 Å². The first-order chi connectivity index (χ1) is 7.24. The van der Waals surface area contributed by atoms with E-state index in [1.807, 2.05) is 0 Å². The maximum absolute atomic E-state index is 7.56. The molecule has 0 amide bonds. The number of halogens is 2. The second kappa shape index (κ2) is 29.2. The van der Waals surface area contributed by atoms with Crippen LogP contribution in [0.3, 0.4) is 0 Å². The summed E-state index contributed by atoms with van der Waals surface area (Å²) in [6, 6.07) is 0. The summed E-state index contributed by atoms with van der Waals surface area (Å²) < 4.78 is 0. The fraction of sp³-hybridized carbons (Fsp3) is 0. The van der Waals surface area contributed by atoms with E-state index in [1.54, 1.807) is 0 Å². The van der Waals surface area contributed by atoms with Crippen LogP contribution in [0.1, 0.15) is 0 Å². The van der Waals surface area contributed by atoms with Crippen LogP contribution in [0, 0.1) is 0 Å². The van der Waals surface area contributed by atoms with E-state index in [1.165, 1.54) is 0 Å². The Morgan fingerprint density at radius 3 is 0.867 bits per heavy atom. The fourth-order valence-corrected chi connectivity index (χ4v) is 0.119. The summed E-state index contributed by atoms with van der Waals surface area (Å²) in [7, 11) is 0. The van der Waals surface area contributed by atoms with Gasteiger partial charge in [-0.3, -0.25) is 0 Å². The van der Waals surface area contributed by atoms with Crippen LogP contribution in [0.2, 0.25) is 0 Å². The molecule has 0 atom stereocenters. The molecule has 0 rings (SSSR count). The zero-order chi connectivity index (χ0) is 12.4. The van der Waals surface area contributed by atoms with E-state index in [2.05, 4.69) is 49.0 Å². The van der Waals surface area contributed by atoms with Crippen LogP contribution in [-0.4, -0.2) is 45.7 Å². The number of hydrogen-bond acceptors (Lipinski definition) is 8. The van der Waals surface area contributed by atoms with Gasteiger partial charge in [-0.25, -0.2) is 0 Å². The van der Waals surface area contributed by atoms with E-state index >= 15 is 0 Å². The SMILES string of the molecule is ON=CC=NO.ON=CC=NO.[Br][Co][Br]. The van der Waals surface area contributed by atoms with Gasteiger partial charge in [0.1, 0.15) is 0 Å². The van der Waals surface area contributed by atoms with E-state index < -0.39 is 0 Å². The summed E-state index contributed by atoms with van der Waals surface area (Å²) in [6.45, 7) is 0. The first kappa shape index (κ1) is 19.8. The molecule has 0 aromatic rings. The summed E-state index contributed by atoms with van der Waals surface area (Å²) in [6.07, 6.45) is 3.78. The molecule has 0 saturated carbocycles. The van der Waals surface area contributed by atoms with Crippen molar-refractivity contribution in [2.45, 2.75) is 0 Å². The quantitative estimate of drug-likeness (QED) is 0.321. The van der Waals surface area contributed by atoms with Gasteiger partial charge in [-0.2, -0.15) is 0 Å². The Hall–Kier alpha value is -0.654. The van der Waals surface area contributed by atoms with E-state index in [0.29, 0.717) is 0 Å². The van der Waals surface area contributed by atoms with E-state index in [0.717, 1.165) is 36.0 Å². The van der Waals surface area contributed by atoms with Gasteiger partial charge in [0.25, 0.3) is 0 Å². The molecular weight excluding hydrogens is 387 g/mol. The Kier molecular flexibility index (Phi) is 38.6. The zero-order valence-electron chi connectivity index (χ0n) is 6.98. The summed E-state index contributed by atoms with van der Waals surface area (Å²) in [4.78, 5) is 0. The van der Waals surface area contributed by atoms with Crippen molar-refractivity contribution in [3.8, 4) is 0 Å². The number of oxime groups is 4. The molecular formula is C4H8Br2CoN4O4. The molecule has 0 saturated heterocycles. The Labute approximate surface area is 105 Å². The van der Waals surface area contributed by atoms with Crippen LogP contribution in [0.15, 0.2) is 20.6 Å². The van der Waals surface area contributed by atoms with Gasteiger partial charge in [0.2, 0.25) is 0 Å². The molecule has 0 radical (unpaired) electrons. The molecule has 0 heterocycles. The van der Waals surface area contributed by atoms with Gasteiger partial charge < -0.3 is 20.8 Å². The van der Waals surface area contributed by atoms with E-state index in [4.69, 9.17) is 20.8 Å². The Bertz CT molecular complexity index is 161. The molecule has 0 aromatic carbocycles. The van der Waals surface area contributed by atoms with Crippen molar-refractivity contribution in [3.63, 3.8) is 0 Å². The zero-order valence-corrected chi connectivity index (χ0v) is 11.2. The summed E-state index contributed by atoms with van der Waals surface area (Å²) in [5, 5.41) is 40.2. The fourth-order valence-electron chi connectivity index (χ4n) is 0.119. The molecule has 15 heavy (non-hydrogen) atoms. The molecule has 0 spiro atoms. The van der Waals surface area contributed by atoms with Crippen molar-refractivity contribution in [2.75, 3.05) is 0 Å². The number of nitrogens with zero attached hydrogens (tertiary/aromatic N) is 4. The standard InChI is InChI=1S/2C2H4N2O2.2BrH.Co/c2*5-3-1-2-4-6;;;/h2*1-2,5-6H;2*1H;/q;;;;+2/p-2. The van der Waals surface area contributed by atoms with Gasteiger partial charge in [0.15, 0.2) is 0 Å². The third kappa shape index (κ3) is 60.1. The number of rotatable bonds is 2. The minimum atomic E-state index is 0.944. The Morgan fingerprint density at radius 2 is 0.800 bits per heavy atom. The Balaban J connectivity index is -0.000000153. The average Bonchev–Trinajstić information content (AvgIpc) is 2.25. The van der Waals surface area contributed by atoms with E-state index in [-0.39, 0.29) is 0 Å². The number of hydrogen-bond donors (Lipinski definition) is 4. The van der Waals surface area contributed by atoms with Gasteiger partial charge >= 0.3 is 39.5 Å². The molecule has 0 bridgehead atoms. The average molecular weight is 395 g/mol. The van der Waals surface area contributed by atoms with Crippen LogP contribution in [0.5, 0.6) is 0 Å². The normalized spacial score (nSPS) is 10.5. The third-order valence-electron chi connectivity index (χ3n) is 0.400. The van der Waals surface area contributed by atoms with Gasteiger partial charge in [-0.15, -0.1) is 0 Å². The molecule has 0 unspecified atom stereocenters. The van der Waals surface area contributed by atoms with Crippen LogP contribution in [0.25, 0.3) is 0 Å².